The largest absolute Gasteiger partial charge is 0.347 e. The minimum atomic E-state index is -0.413. The zero-order chi connectivity index (χ0) is 15.8. The lowest BCUT2D eigenvalue weighted by Crippen LogP contribution is -2.33. The van der Waals surface area contributed by atoms with Crippen LogP contribution in [0.4, 0.5) is 10.1 Å². The molecule has 0 aromatic heterocycles. The molecule has 0 aliphatic carbocycles. The van der Waals surface area contributed by atoms with Gasteiger partial charge in [0.25, 0.3) is 0 Å². The predicted octanol–water partition coefficient (Wildman–Crippen LogP) is 1.66. The summed E-state index contributed by atoms with van der Waals surface area (Å²) in [6.07, 6.45) is 3.51. The van der Waals surface area contributed by atoms with Crippen LogP contribution in [0.3, 0.4) is 0 Å². The molecule has 5 nitrogen and oxygen atoms in total. The summed E-state index contributed by atoms with van der Waals surface area (Å²) in [6.45, 7) is 1.94. The Morgan fingerprint density at radius 1 is 1.23 bits per heavy atom. The molecule has 0 radical (unpaired) electrons. The molecule has 1 fully saturated rings. The molecule has 1 aromatic rings. The minimum Gasteiger partial charge on any atom is -0.347 e. The van der Waals surface area contributed by atoms with Crippen molar-refractivity contribution in [3.8, 4) is 0 Å². The first-order valence-corrected chi connectivity index (χ1v) is 7.66. The highest BCUT2D eigenvalue weighted by Gasteiger charge is 2.14. The Morgan fingerprint density at radius 2 is 2.00 bits per heavy atom. The summed E-state index contributed by atoms with van der Waals surface area (Å²) in [5.74, 6) is -0.300. The molecular weight excluding hydrogens is 285 g/mol. The van der Waals surface area contributed by atoms with Gasteiger partial charge in [0.15, 0.2) is 0 Å². The molecule has 2 rings (SSSR count). The van der Waals surface area contributed by atoms with Gasteiger partial charge in [-0.3, -0.25) is 9.59 Å². The Morgan fingerprint density at radius 3 is 2.73 bits per heavy atom. The van der Waals surface area contributed by atoms with Crippen LogP contribution in [0.1, 0.15) is 25.7 Å². The number of nitrogens with one attached hydrogen (secondary N) is 3. The number of carbonyl (C=O) groups is 2. The number of hydrogen-bond donors (Lipinski definition) is 3. The van der Waals surface area contributed by atoms with Gasteiger partial charge in [-0.15, -0.1) is 0 Å². The number of piperidine rings is 1. The second-order valence-corrected chi connectivity index (χ2v) is 5.57. The second kappa shape index (κ2) is 8.48. The van der Waals surface area contributed by atoms with Crippen molar-refractivity contribution in [2.24, 2.45) is 5.92 Å². The van der Waals surface area contributed by atoms with E-state index in [1.807, 2.05) is 0 Å². The van der Waals surface area contributed by atoms with Gasteiger partial charge in [-0.25, -0.2) is 4.39 Å². The third kappa shape index (κ3) is 5.81. The summed E-state index contributed by atoms with van der Waals surface area (Å²) in [4.78, 5) is 23.4. The van der Waals surface area contributed by atoms with Crippen LogP contribution in [-0.2, 0) is 9.59 Å². The fourth-order valence-electron chi connectivity index (χ4n) is 2.54. The number of rotatable bonds is 6. The van der Waals surface area contributed by atoms with Crippen molar-refractivity contribution in [3.05, 3.63) is 30.1 Å². The lowest BCUT2D eigenvalue weighted by molar-refractivity contribution is -0.124. The summed E-state index contributed by atoms with van der Waals surface area (Å²) >= 11 is 0. The first-order valence-electron chi connectivity index (χ1n) is 7.66. The SMILES string of the molecule is O=C(CCC1CCNCC1)NCC(=O)Nc1cccc(F)c1. The number of benzene rings is 1. The molecule has 22 heavy (non-hydrogen) atoms. The molecule has 1 heterocycles. The van der Waals surface area contributed by atoms with Gasteiger partial charge < -0.3 is 16.0 Å². The molecule has 0 saturated carbocycles. The molecule has 0 bridgehead atoms. The summed E-state index contributed by atoms with van der Waals surface area (Å²) < 4.78 is 13.0. The van der Waals surface area contributed by atoms with E-state index in [0.29, 0.717) is 18.0 Å². The van der Waals surface area contributed by atoms with Crippen LogP contribution in [0, 0.1) is 11.7 Å². The third-order valence-corrected chi connectivity index (χ3v) is 3.79. The van der Waals surface area contributed by atoms with Gasteiger partial charge in [-0.05, 0) is 56.5 Å². The van der Waals surface area contributed by atoms with Crippen LogP contribution in [0.25, 0.3) is 0 Å². The van der Waals surface area contributed by atoms with Gasteiger partial charge in [-0.2, -0.15) is 0 Å². The molecule has 0 unspecified atom stereocenters. The van der Waals surface area contributed by atoms with Gasteiger partial charge >= 0.3 is 0 Å². The monoisotopic (exact) mass is 307 g/mol. The fourth-order valence-corrected chi connectivity index (χ4v) is 2.54. The van der Waals surface area contributed by atoms with E-state index >= 15 is 0 Å². The van der Waals surface area contributed by atoms with Crippen molar-refractivity contribution in [1.29, 1.82) is 0 Å². The number of hydrogen-bond acceptors (Lipinski definition) is 3. The fraction of sp³-hybridized carbons (Fsp3) is 0.500. The number of anilines is 1. The average Bonchev–Trinajstić information content (AvgIpc) is 2.52. The van der Waals surface area contributed by atoms with Crippen molar-refractivity contribution in [2.75, 3.05) is 25.0 Å². The van der Waals surface area contributed by atoms with Crippen LogP contribution < -0.4 is 16.0 Å². The van der Waals surface area contributed by atoms with E-state index < -0.39 is 5.82 Å². The van der Waals surface area contributed by atoms with Crippen LogP contribution in [0.2, 0.25) is 0 Å². The Kier molecular flexibility index (Phi) is 6.33. The van der Waals surface area contributed by atoms with Crippen LogP contribution >= 0.6 is 0 Å². The average molecular weight is 307 g/mol. The van der Waals surface area contributed by atoms with Gasteiger partial charge in [0.1, 0.15) is 5.82 Å². The molecule has 1 aliphatic heterocycles. The molecular formula is C16H22FN3O2. The maximum atomic E-state index is 13.0. The van der Waals surface area contributed by atoms with Crippen molar-refractivity contribution >= 4 is 17.5 Å². The molecule has 6 heteroatoms. The van der Waals surface area contributed by atoms with Crippen molar-refractivity contribution in [2.45, 2.75) is 25.7 Å². The summed E-state index contributed by atoms with van der Waals surface area (Å²) in [7, 11) is 0. The molecule has 120 valence electrons. The number of amides is 2. The highest BCUT2D eigenvalue weighted by atomic mass is 19.1. The summed E-state index contributed by atoms with van der Waals surface area (Å²) in [5, 5.41) is 8.43. The van der Waals surface area contributed by atoms with E-state index in [9.17, 15) is 14.0 Å². The molecule has 1 saturated heterocycles. The maximum Gasteiger partial charge on any atom is 0.243 e. The number of carbonyl (C=O) groups excluding carboxylic acids is 2. The zero-order valence-electron chi connectivity index (χ0n) is 12.5. The van der Waals surface area contributed by atoms with E-state index in [1.165, 1.54) is 18.2 Å². The lowest BCUT2D eigenvalue weighted by Gasteiger charge is -2.22. The zero-order valence-corrected chi connectivity index (χ0v) is 12.5. The Bertz CT molecular complexity index is 516. The van der Waals surface area contributed by atoms with Crippen LogP contribution in [0.5, 0.6) is 0 Å². The first kappa shape index (κ1) is 16.4. The van der Waals surface area contributed by atoms with Crippen LogP contribution in [-0.4, -0.2) is 31.4 Å². The highest BCUT2D eigenvalue weighted by molar-refractivity contribution is 5.94. The predicted molar refractivity (Wildman–Crippen MR) is 82.9 cm³/mol. The van der Waals surface area contributed by atoms with Crippen molar-refractivity contribution < 1.29 is 14.0 Å². The van der Waals surface area contributed by atoms with E-state index in [4.69, 9.17) is 0 Å². The minimum absolute atomic E-state index is 0.0957. The van der Waals surface area contributed by atoms with E-state index in [1.54, 1.807) is 6.07 Å². The summed E-state index contributed by atoms with van der Waals surface area (Å²) in [6, 6.07) is 5.65. The van der Waals surface area contributed by atoms with E-state index in [0.717, 1.165) is 32.4 Å². The summed E-state index contributed by atoms with van der Waals surface area (Å²) in [5.41, 5.74) is 0.383. The molecule has 0 spiro atoms. The first-order chi connectivity index (χ1) is 10.6. The number of halogens is 1. The van der Waals surface area contributed by atoms with Gasteiger partial charge in [0, 0.05) is 12.1 Å². The Hall–Kier alpha value is -1.95. The standard InChI is InChI=1S/C16H22FN3O2/c17-13-2-1-3-14(10-13)20-16(22)11-19-15(21)5-4-12-6-8-18-9-7-12/h1-3,10,12,18H,4-9,11H2,(H,19,21)(H,20,22). The van der Waals surface area contributed by atoms with E-state index in [-0.39, 0.29) is 18.4 Å². The molecule has 2 amide bonds. The van der Waals surface area contributed by atoms with E-state index in [2.05, 4.69) is 16.0 Å². The molecule has 0 atom stereocenters. The Balaban J connectivity index is 1.64. The van der Waals surface area contributed by atoms with Gasteiger partial charge in [0.2, 0.25) is 11.8 Å². The lowest BCUT2D eigenvalue weighted by atomic mass is 9.93. The molecule has 1 aliphatic rings. The smallest absolute Gasteiger partial charge is 0.243 e. The highest BCUT2D eigenvalue weighted by Crippen LogP contribution is 2.17. The van der Waals surface area contributed by atoms with Gasteiger partial charge in [-0.1, -0.05) is 6.07 Å². The van der Waals surface area contributed by atoms with Gasteiger partial charge in [0.05, 0.1) is 6.54 Å². The quantitative estimate of drug-likeness (QED) is 0.748. The normalized spacial score (nSPS) is 15.3. The maximum absolute atomic E-state index is 13.0. The molecule has 3 N–H and O–H groups in total. The third-order valence-electron chi connectivity index (χ3n) is 3.79. The van der Waals surface area contributed by atoms with Crippen LogP contribution in [0.15, 0.2) is 24.3 Å². The van der Waals surface area contributed by atoms with Crippen molar-refractivity contribution in [3.63, 3.8) is 0 Å². The second-order valence-electron chi connectivity index (χ2n) is 5.57. The van der Waals surface area contributed by atoms with Crippen molar-refractivity contribution in [1.82, 2.24) is 10.6 Å². The molecule has 1 aromatic carbocycles. The Labute approximate surface area is 129 Å². The topological polar surface area (TPSA) is 70.2 Å².